The summed E-state index contributed by atoms with van der Waals surface area (Å²) >= 11 is 3.43. The lowest BCUT2D eigenvalue weighted by atomic mass is 10.0. The Labute approximate surface area is 169 Å². The predicted molar refractivity (Wildman–Crippen MR) is 113 cm³/mol. The Hall–Kier alpha value is -2.18. The number of halogens is 1. The molecule has 1 atom stereocenters. The Kier molecular flexibility index (Phi) is 8.00. The van der Waals surface area contributed by atoms with Gasteiger partial charge in [-0.25, -0.2) is 0 Å². The molecule has 2 aromatic carbocycles. The van der Waals surface area contributed by atoms with Gasteiger partial charge in [-0.05, 0) is 54.5 Å². The van der Waals surface area contributed by atoms with Crippen LogP contribution in [0.25, 0.3) is 0 Å². The number of rotatable bonds is 8. The molecule has 2 aromatic rings. The van der Waals surface area contributed by atoms with Crippen LogP contribution in [0.2, 0.25) is 0 Å². The predicted octanol–water partition coefficient (Wildman–Crippen LogP) is 3.93. The van der Waals surface area contributed by atoms with E-state index in [1.807, 2.05) is 68.4 Å². The van der Waals surface area contributed by atoms with Crippen molar-refractivity contribution in [3.05, 3.63) is 64.6 Å². The highest BCUT2D eigenvalue weighted by atomic mass is 79.9. The summed E-state index contributed by atoms with van der Waals surface area (Å²) in [5, 5.41) is 2.89. The minimum absolute atomic E-state index is 0.00221. The lowest BCUT2D eigenvalue weighted by molar-refractivity contribution is -0.137. The van der Waals surface area contributed by atoms with Crippen LogP contribution in [0.15, 0.2) is 59.1 Å². The third kappa shape index (κ3) is 5.65. The largest absolute Gasteiger partial charge is 0.342 e. The average molecular weight is 432 g/mol. The minimum atomic E-state index is -0.504. The van der Waals surface area contributed by atoms with E-state index in [-0.39, 0.29) is 18.4 Å². The molecule has 0 bridgehead atoms. The third-order valence-corrected chi connectivity index (χ3v) is 5.10. The zero-order valence-electron chi connectivity index (χ0n) is 16.0. The summed E-state index contributed by atoms with van der Waals surface area (Å²) in [6, 6.07) is 16.5. The molecule has 0 fully saturated rings. The Bertz CT molecular complexity index is 763. The lowest BCUT2D eigenvalue weighted by Gasteiger charge is -2.31. The van der Waals surface area contributed by atoms with Crippen LogP contribution in [0.4, 0.5) is 5.69 Å². The van der Waals surface area contributed by atoms with Crippen molar-refractivity contribution in [1.29, 1.82) is 0 Å². The van der Waals surface area contributed by atoms with Gasteiger partial charge >= 0.3 is 0 Å². The Morgan fingerprint density at radius 3 is 2.19 bits per heavy atom. The molecule has 0 aliphatic rings. The van der Waals surface area contributed by atoms with Crippen molar-refractivity contribution in [2.24, 2.45) is 0 Å². The number of likely N-dealkylation sites (N-methyl/N-ethyl adjacent to an activating group) is 2. The summed E-state index contributed by atoms with van der Waals surface area (Å²) in [6.45, 7) is 5.30. The average Bonchev–Trinajstić information content (AvgIpc) is 2.65. The van der Waals surface area contributed by atoms with Crippen molar-refractivity contribution >= 4 is 33.4 Å². The maximum atomic E-state index is 13.1. The van der Waals surface area contributed by atoms with E-state index in [9.17, 15) is 9.59 Å². The molecule has 2 rings (SSSR count). The van der Waals surface area contributed by atoms with Crippen molar-refractivity contribution in [3.8, 4) is 0 Å². The van der Waals surface area contributed by atoms with Gasteiger partial charge in [-0.1, -0.05) is 42.5 Å². The van der Waals surface area contributed by atoms with Gasteiger partial charge < -0.3 is 10.2 Å². The molecule has 27 heavy (non-hydrogen) atoms. The SMILES string of the molecule is CCN(CC)C(=O)[C@H](c1ccccc1)N(C)CC(=O)Nc1ccccc1Br. The van der Waals surface area contributed by atoms with E-state index < -0.39 is 6.04 Å². The number of carbonyl (C=O) groups is 2. The highest BCUT2D eigenvalue weighted by Crippen LogP contribution is 2.24. The van der Waals surface area contributed by atoms with Crippen molar-refractivity contribution in [2.45, 2.75) is 19.9 Å². The maximum Gasteiger partial charge on any atom is 0.244 e. The standard InChI is InChI=1S/C21H26BrN3O2/c1-4-25(5-2)21(27)20(16-11-7-6-8-12-16)24(3)15-19(26)23-18-14-10-9-13-17(18)22/h6-14,20H,4-5,15H2,1-3H3,(H,23,26)/t20-/m0/s1. The zero-order chi connectivity index (χ0) is 19.8. The number of hydrogen-bond donors (Lipinski definition) is 1. The summed E-state index contributed by atoms with van der Waals surface area (Å²) in [6.07, 6.45) is 0. The number of hydrogen-bond acceptors (Lipinski definition) is 3. The smallest absolute Gasteiger partial charge is 0.244 e. The zero-order valence-corrected chi connectivity index (χ0v) is 17.6. The van der Waals surface area contributed by atoms with E-state index in [2.05, 4.69) is 21.2 Å². The molecule has 0 spiro atoms. The fraction of sp³-hybridized carbons (Fsp3) is 0.333. The number of anilines is 1. The van der Waals surface area contributed by atoms with Crippen LogP contribution >= 0.6 is 15.9 Å². The number of benzene rings is 2. The molecular weight excluding hydrogens is 406 g/mol. The maximum absolute atomic E-state index is 13.1. The monoisotopic (exact) mass is 431 g/mol. The van der Waals surface area contributed by atoms with Crippen LogP contribution in [-0.4, -0.2) is 48.3 Å². The number of para-hydroxylation sites is 1. The van der Waals surface area contributed by atoms with Crippen molar-refractivity contribution in [3.63, 3.8) is 0 Å². The second-order valence-corrected chi connectivity index (χ2v) is 7.12. The molecule has 6 heteroatoms. The van der Waals surface area contributed by atoms with E-state index >= 15 is 0 Å². The molecule has 0 unspecified atom stereocenters. The highest BCUT2D eigenvalue weighted by molar-refractivity contribution is 9.10. The first-order chi connectivity index (χ1) is 13.0. The molecule has 1 N–H and O–H groups in total. The fourth-order valence-electron chi connectivity index (χ4n) is 3.00. The van der Waals surface area contributed by atoms with E-state index in [1.54, 1.807) is 16.8 Å². The van der Waals surface area contributed by atoms with Crippen molar-refractivity contribution < 1.29 is 9.59 Å². The highest BCUT2D eigenvalue weighted by Gasteiger charge is 2.29. The van der Waals surface area contributed by atoms with E-state index in [4.69, 9.17) is 0 Å². The van der Waals surface area contributed by atoms with Crippen LogP contribution in [0.5, 0.6) is 0 Å². The second kappa shape index (κ2) is 10.2. The normalized spacial score (nSPS) is 11.9. The molecule has 5 nitrogen and oxygen atoms in total. The molecule has 0 aliphatic heterocycles. The molecule has 0 radical (unpaired) electrons. The molecular formula is C21H26BrN3O2. The van der Waals surface area contributed by atoms with Gasteiger partial charge in [-0.15, -0.1) is 0 Å². The molecule has 0 heterocycles. The quantitative estimate of drug-likeness (QED) is 0.688. The van der Waals surface area contributed by atoms with Crippen LogP contribution in [0, 0.1) is 0 Å². The topological polar surface area (TPSA) is 52.7 Å². The molecule has 0 aliphatic carbocycles. The lowest BCUT2D eigenvalue weighted by Crippen LogP contribution is -2.44. The Morgan fingerprint density at radius 1 is 1.00 bits per heavy atom. The van der Waals surface area contributed by atoms with Crippen LogP contribution < -0.4 is 5.32 Å². The van der Waals surface area contributed by atoms with Gasteiger partial charge in [0, 0.05) is 17.6 Å². The van der Waals surface area contributed by atoms with Gasteiger partial charge in [0.25, 0.3) is 0 Å². The first-order valence-corrected chi connectivity index (χ1v) is 9.85. The van der Waals surface area contributed by atoms with Crippen LogP contribution in [0.3, 0.4) is 0 Å². The van der Waals surface area contributed by atoms with Crippen molar-refractivity contribution in [1.82, 2.24) is 9.80 Å². The van der Waals surface area contributed by atoms with Gasteiger partial charge in [-0.2, -0.15) is 0 Å². The summed E-state index contributed by atoms with van der Waals surface area (Å²) in [5.41, 5.74) is 1.59. The first kappa shape index (κ1) is 21.1. The van der Waals surface area contributed by atoms with E-state index in [0.717, 1.165) is 10.0 Å². The summed E-state index contributed by atoms with van der Waals surface area (Å²) in [7, 11) is 1.80. The first-order valence-electron chi connectivity index (χ1n) is 9.06. The number of amides is 2. The molecule has 0 saturated carbocycles. The van der Waals surface area contributed by atoms with Gasteiger partial charge in [-0.3, -0.25) is 14.5 Å². The second-order valence-electron chi connectivity index (χ2n) is 6.27. The van der Waals surface area contributed by atoms with Crippen LogP contribution in [0.1, 0.15) is 25.5 Å². The molecule has 2 amide bonds. The number of carbonyl (C=O) groups excluding carboxylic acids is 2. The van der Waals surface area contributed by atoms with Gasteiger partial charge in [0.15, 0.2) is 0 Å². The fourth-order valence-corrected chi connectivity index (χ4v) is 3.38. The number of nitrogens with one attached hydrogen (secondary N) is 1. The Balaban J connectivity index is 2.18. The van der Waals surface area contributed by atoms with E-state index in [1.165, 1.54) is 0 Å². The summed E-state index contributed by atoms with van der Waals surface area (Å²) in [5.74, 6) is -0.167. The Morgan fingerprint density at radius 2 is 1.59 bits per heavy atom. The van der Waals surface area contributed by atoms with Gasteiger partial charge in [0.2, 0.25) is 11.8 Å². The molecule has 0 aromatic heterocycles. The summed E-state index contributed by atoms with van der Waals surface area (Å²) in [4.78, 5) is 29.2. The minimum Gasteiger partial charge on any atom is -0.342 e. The molecule has 144 valence electrons. The van der Waals surface area contributed by atoms with Gasteiger partial charge in [0.05, 0.1) is 12.2 Å². The van der Waals surface area contributed by atoms with Crippen molar-refractivity contribution in [2.75, 3.05) is 32.0 Å². The van der Waals surface area contributed by atoms with Crippen LogP contribution in [-0.2, 0) is 9.59 Å². The summed E-state index contributed by atoms with van der Waals surface area (Å²) < 4.78 is 0.819. The number of nitrogens with zero attached hydrogens (tertiary/aromatic N) is 2. The molecule has 0 saturated heterocycles. The third-order valence-electron chi connectivity index (χ3n) is 4.41. The van der Waals surface area contributed by atoms with Gasteiger partial charge in [0.1, 0.15) is 6.04 Å². The van der Waals surface area contributed by atoms with E-state index in [0.29, 0.717) is 18.8 Å².